The first-order valence-corrected chi connectivity index (χ1v) is 12.2. The Balaban J connectivity index is 2.27. The second-order valence-electron chi connectivity index (χ2n) is 9.47. The van der Waals surface area contributed by atoms with Gasteiger partial charge in [-0.05, 0) is 71.2 Å². The van der Waals surface area contributed by atoms with E-state index >= 15 is 0 Å². The van der Waals surface area contributed by atoms with Crippen LogP contribution >= 0.6 is 0 Å². The molecule has 1 amide bonds. The minimum Gasteiger partial charge on any atom is -0.336 e. The highest BCUT2D eigenvalue weighted by atomic mass is 32.2. The van der Waals surface area contributed by atoms with E-state index in [4.69, 9.17) is 0 Å². The molecule has 0 atom stereocenters. The van der Waals surface area contributed by atoms with Gasteiger partial charge in [0.05, 0.1) is 4.90 Å². The summed E-state index contributed by atoms with van der Waals surface area (Å²) in [7, 11) is -3.61. The minimum atomic E-state index is -3.61. The number of hydrogen-bond donors (Lipinski definition) is 2. The van der Waals surface area contributed by atoms with E-state index in [-0.39, 0.29) is 34.5 Å². The number of carbonyl (C=O) groups is 1. The lowest BCUT2D eigenvalue weighted by Gasteiger charge is -2.49. The lowest BCUT2D eigenvalue weighted by atomic mass is 9.78. The molecule has 1 saturated heterocycles. The van der Waals surface area contributed by atoms with E-state index in [9.17, 15) is 13.2 Å². The summed E-state index contributed by atoms with van der Waals surface area (Å²) in [6.45, 7) is 15.2. The molecule has 1 aliphatic rings. The summed E-state index contributed by atoms with van der Waals surface area (Å²) in [6.07, 6.45) is 5.19. The molecule has 30 heavy (non-hydrogen) atoms. The monoisotopic (exact) mass is 435 g/mol. The topological polar surface area (TPSA) is 78.5 Å². The van der Waals surface area contributed by atoms with E-state index in [2.05, 4.69) is 51.2 Å². The summed E-state index contributed by atoms with van der Waals surface area (Å²) in [5.74, 6) is -0.0371. The SMILES string of the molecule is C=CCNS(=O)(=O)c1ccc(C(=O)N(CCCC)C2CC(C)(C)NC(C)(C)C2)cc1. The average molecular weight is 436 g/mol. The predicted molar refractivity (Wildman–Crippen MR) is 122 cm³/mol. The smallest absolute Gasteiger partial charge is 0.254 e. The zero-order valence-corrected chi connectivity index (χ0v) is 19.8. The third-order valence-corrected chi connectivity index (χ3v) is 6.89. The van der Waals surface area contributed by atoms with Crippen LogP contribution in [0.15, 0.2) is 41.8 Å². The number of rotatable bonds is 9. The first-order valence-electron chi connectivity index (χ1n) is 10.7. The molecule has 0 spiro atoms. The first-order chi connectivity index (χ1) is 13.9. The van der Waals surface area contributed by atoms with Gasteiger partial charge in [0.15, 0.2) is 0 Å². The van der Waals surface area contributed by atoms with E-state index in [0.29, 0.717) is 12.1 Å². The average Bonchev–Trinajstić information content (AvgIpc) is 2.64. The Kier molecular flexibility index (Phi) is 7.88. The highest BCUT2D eigenvalue weighted by Crippen LogP contribution is 2.32. The molecule has 1 heterocycles. The van der Waals surface area contributed by atoms with Gasteiger partial charge in [-0.15, -0.1) is 6.58 Å². The summed E-state index contributed by atoms with van der Waals surface area (Å²) >= 11 is 0. The fraction of sp³-hybridized carbons (Fsp3) is 0.609. The van der Waals surface area contributed by atoms with Crippen molar-refractivity contribution < 1.29 is 13.2 Å². The van der Waals surface area contributed by atoms with Crippen molar-refractivity contribution in [3.05, 3.63) is 42.5 Å². The van der Waals surface area contributed by atoms with Crippen molar-refractivity contribution in [3.8, 4) is 0 Å². The third-order valence-electron chi connectivity index (χ3n) is 5.45. The molecule has 1 aromatic carbocycles. The minimum absolute atomic E-state index is 0.0371. The summed E-state index contributed by atoms with van der Waals surface area (Å²) in [5.41, 5.74) is 0.389. The second kappa shape index (κ2) is 9.62. The van der Waals surface area contributed by atoms with E-state index in [1.807, 2.05) is 4.90 Å². The Morgan fingerprint density at radius 3 is 2.27 bits per heavy atom. The molecule has 0 bridgehead atoms. The molecule has 0 aromatic heterocycles. The molecule has 0 unspecified atom stereocenters. The molecule has 7 heteroatoms. The quantitative estimate of drug-likeness (QED) is 0.580. The summed E-state index contributed by atoms with van der Waals surface area (Å²) in [6, 6.07) is 6.34. The first kappa shape index (κ1) is 24.6. The number of hydrogen-bond acceptors (Lipinski definition) is 4. The number of nitrogens with one attached hydrogen (secondary N) is 2. The molecular formula is C23H37N3O3S. The normalized spacial score (nSPS) is 18.7. The van der Waals surface area contributed by atoms with Gasteiger partial charge in [0.2, 0.25) is 10.0 Å². The molecule has 1 fully saturated rings. The van der Waals surface area contributed by atoms with Gasteiger partial charge in [-0.25, -0.2) is 13.1 Å². The lowest BCUT2D eigenvalue weighted by molar-refractivity contribution is 0.0441. The Morgan fingerprint density at radius 2 is 1.77 bits per heavy atom. The molecule has 0 saturated carbocycles. The predicted octanol–water partition coefficient (Wildman–Crippen LogP) is 3.70. The van der Waals surface area contributed by atoms with E-state index in [1.165, 1.54) is 18.2 Å². The fourth-order valence-electron chi connectivity index (χ4n) is 4.46. The number of piperidine rings is 1. The highest BCUT2D eigenvalue weighted by molar-refractivity contribution is 7.89. The molecule has 6 nitrogen and oxygen atoms in total. The van der Waals surface area contributed by atoms with Crippen LogP contribution in [-0.2, 0) is 10.0 Å². The van der Waals surface area contributed by atoms with Crippen LogP contribution in [0.2, 0.25) is 0 Å². The van der Waals surface area contributed by atoms with Crippen molar-refractivity contribution in [2.24, 2.45) is 0 Å². The van der Waals surface area contributed by atoms with Crippen molar-refractivity contribution in [2.45, 2.75) is 82.3 Å². The van der Waals surface area contributed by atoms with E-state index < -0.39 is 10.0 Å². The summed E-state index contributed by atoms with van der Waals surface area (Å²) in [5, 5.41) is 3.67. The molecular weight excluding hydrogens is 398 g/mol. The highest BCUT2D eigenvalue weighted by Gasteiger charge is 2.41. The van der Waals surface area contributed by atoms with Crippen molar-refractivity contribution in [1.29, 1.82) is 0 Å². The van der Waals surface area contributed by atoms with Crippen LogP contribution < -0.4 is 10.0 Å². The van der Waals surface area contributed by atoms with Crippen LogP contribution in [-0.4, -0.2) is 49.4 Å². The maximum atomic E-state index is 13.4. The maximum absolute atomic E-state index is 13.4. The number of sulfonamides is 1. The van der Waals surface area contributed by atoms with Gasteiger partial charge in [0, 0.05) is 35.8 Å². The van der Waals surface area contributed by atoms with Gasteiger partial charge < -0.3 is 10.2 Å². The van der Waals surface area contributed by atoms with E-state index in [1.54, 1.807) is 12.1 Å². The number of amides is 1. The van der Waals surface area contributed by atoms with Gasteiger partial charge in [-0.1, -0.05) is 19.4 Å². The molecule has 0 radical (unpaired) electrons. The van der Waals surface area contributed by atoms with Crippen molar-refractivity contribution >= 4 is 15.9 Å². The zero-order valence-electron chi connectivity index (χ0n) is 19.0. The van der Waals surface area contributed by atoms with Crippen LogP contribution in [0.1, 0.15) is 70.7 Å². The number of carbonyl (C=O) groups excluding carboxylic acids is 1. The Bertz CT molecular complexity index is 829. The summed E-state index contributed by atoms with van der Waals surface area (Å²) in [4.78, 5) is 15.6. The largest absolute Gasteiger partial charge is 0.336 e. The maximum Gasteiger partial charge on any atom is 0.254 e. The fourth-order valence-corrected chi connectivity index (χ4v) is 5.46. The standard InChI is InChI=1S/C23H37N3O3S/c1-7-9-15-26(19-16-22(3,4)25-23(5,6)17-19)21(27)18-10-12-20(13-11-18)30(28,29)24-14-8-2/h8,10-13,19,24-25H,2,7,9,14-17H2,1,3-6H3. The van der Waals surface area contributed by atoms with Gasteiger partial charge in [-0.3, -0.25) is 4.79 Å². The van der Waals surface area contributed by atoms with Crippen molar-refractivity contribution in [3.63, 3.8) is 0 Å². The van der Waals surface area contributed by atoms with E-state index in [0.717, 1.165) is 25.7 Å². The molecule has 0 aliphatic carbocycles. The number of benzene rings is 1. The summed E-state index contributed by atoms with van der Waals surface area (Å²) < 4.78 is 27.0. The van der Waals surface area contributed by atoms with Gasteiger partial charge in [0.25, 0.3) is 5.91 Å². The third kappa shape index (κ3) is 6.40. The molecule has 1 aromatic rings. The zero-order chi connectivity index (χ0) is 22.6. The van der Waals surface area contributed by atoms with Crippen LogP contribution in [0.4, 0.5) is 0 Å². The van der Waals surface area contributed by atoms with Gasteiger partial charge >= 0.3 is 0 Å². The van der Waals surface area contributed by atoms with Crippen LogP contribution in [0.5, 0.6) is 0 Å². The van der Waals surface area contributed by atoms with Crippen LogP contribution in [0.3, 0.4) is 0 Å². The number of unbranched alkanes of at least 4 members (excludes halogenated alkanes) is 1. The molecule has 2 rings (SSSR count). The molecule has 168 valence electrons. The van der Waals surface area contributed by atoms with Crippen molar-refractivity contribution in [1.82, 2.24) is 14.9 Å². The second-order valence-corrected chi connectivity index (χ2v) is 11.2. The van der Waals surface area contributed by atoms with Gasteiger partial charge in [0.1, 0.15) is 0 Å². The van der Waals surface area contributed by atoms with Crippen LogP contribution in [0, 0.1) is 0 Å². The lowest BCUT2D eigenvalue weighted by Crippen LogP contribution is -2.62. The molecule has 1 aliphatic heterocycles. The molecule has 2 N–H and O–H groups in total. The van der Waals surface area contributed by atoms with Crippen molar-refractivity contribution in [2.75, 3.05) is 13.1 Å². The Morgan fingerprint density at radius 1 is 1.20 bits per heavy atom. The Hall–Kier alpha value is -1.70. The van der Waals surface area contributed by atoms with Gasteiger partial charge in [-0.2, -0.15) is 0 Å². The number of nitrogens with zero attached hydrogens (tertiary/aromatic N) is 1. The van der Waals surface area contributed by atoms with Crippen LogP contribution in [0.25, 0.3) is 0 Å². The Labute approximate surface area is 182 Å².